The van der Waals surface area contributed by atoms with E-state index in [1.54, 1.807) is 17.4 Å². The minimum atomic E-state index is 0.321. The Balaban J connectivity index is 1.59. The molecule has 4 heteroatoms. The van der Waals surface area contributed by atoms with Gasteiger partial charge in [0, 0.05) is 22.5 Å². The SMILES string of the molecule is Oc1ccccc1CNc1nc2c(s1)CCc1ccccc1-2. The average Bonchev–Trinajstić information content (AvgIpc) is 2.98. The number of rotatable bonds is 3. The maximum atomic E-state index is 9.82. The van der Waals surface area contributed by atoms with Gasteiger partial charge in [0.1, 0.15) is 5.75 Å². The van der Waals surface area contributed by atoms with Crippen molar-refractivity contribution in [3.8, 4) is 17.0 Å². The number of nitrogens with one attached hydrogen (secondary N) is 1. The van der Waals surface area contributed by atoms with Gasteiger partial charge in [-0.3, -0.25) is 0 Å². The average molecular weight is 308 g/mol. The Morgan fingerprint density at radius 3 is 2.77 bits per heavy atom. The largest absolute Gasteiger partial charge is 0.508 e. The highest BCUT2D eigenvalue weighted by molar-refractivity contribution is 7.16. The molecule has 3 aromatic rings. The molecule has 4 rings (SSSR count). The molecular weight excluding hydrogens is 292 g/mol. The molecule has 0 amide bonds. The first-order valence-corrected chi connectivity index (χ1v) is 8.21. The number of hydrogen-bond acceptors (Lipinski definition) is 4. The molecule has 0 saturated heterocycles. The number of benzene rings is 2. The Kier molecular flexibility index (Phi) is 3.31. The van der Waals surface area contributed by atoms with Gasteiger partial charge in [0.05, 0.1) is 5.69 Å². The van der Waals surface area contributed by atoms with Crippen LogP contribution in [0.1, 0.15) is 16.0 Å². The fraction of sp³-hybridized carbons (Fsp3) is 0.167. The molecule has 0 aliphatic heterocycles. The zero-order valence-corrected chi connectivity index (χ0v) is 12.9. The summed E-state index contributed by atoms with van der Waals surface area (Å²) < 4.78 is 0. The number of anilines is 1. The van der Waals surface area contributed by atoms with Crippen molar-refractivity contribution in [1.29, 1.82) is 0 Å². The lowest BCUT2D eigenvalue weighted by Gasteiger charge is -2.13. The van der Waals surface area contributed by atoms with Crippen molar-refractivity contribution in [2.45, 2.75) is 19.4 Å². The fourth-order valence-electron chi connectivity index (χ4n) is 2.86. The number of thiazole rings is 1. The lowest BCUT2D eigenvalue weighted by Crippen LogP contribution is -2.01. The van der Waals surface area contributed by atoms with Crippen molar-refractivity contribution in [3.63, 3.8) is 0 Å². The predicted octanol–water partition coefficient (Wildman–Crippen LogP) is 4.23. The quantitative estimate of drug-likeness (QED) is 0.761. The second kappa shape index (κ2) is 5.46. The predicted molar refractivity (Wildman–Crippen MR) is 90.4 cm³/mol. The Morgan fingerprint density at radius 1 is 1.05 bits per heavy atom. The Labute approximate surface area is 133 Å². The van der Waals surface area contributed by atoms with Crippen LogP contribution in [0.15, 0.2) is 48.5 Å². The van der Waals surface area contributed by atoms with Crippen LogP contribution in [0.25, 0.3) is 11.3 Å². The van der Waals surface area contributed by atoms with E-state index in [0.29, 0.717) is 12.3 Å². The second-order valence-electron chi connectivity index (χ2n) is 5.43. The smallest absolute Gasteiger partial charge is 0.183 e. The summed E-state index contributed by atoms with van der Waals surface area (Å²) in [6, 6.07) is 15.9. The number of hydrogen-bond donors (Lipinski definition) is 2. The normalized spacial score (nSPS) is 12.5. The van der Waals surface area contributed by atoms with Crippen LogP contribution >= 0.6 is 11.3 Å². The summed E-state index contributed by atoms with van der Waals surface area (Å²) in [4.78, 5) is 6.11. The van der Waals surface area contributed by atoms with Gasteiger partial charge in [-0.25, -0.2) is 4.98 Å². The second-order valence-corrected chi connectivity index (χ2v) is 6.51. The van der Waals surface area contributed by atoms with Crippen molar-refractivity contribution in [3.05, 3.63) is 64.5 Å². The molecule has 3 nitrogen and oxygen atoms in total. The maximum Gasteiger partial charge on any atom is 0.183 e. The van der Waals surface area contributed by atoms with Gasteiger partial charge in [-0.15, -0.1) is 11.3 Å². The van der Waals surface area contributed by atoms with Crippen molar-refractivity contribution < 1.29 is 5.11 Å². The number of aryl methyl sites for hydroxylation is 2. The third-order valence-electron chi connectivity index (χ3n) is 4.01. The van der Waals surface area contributed by atoms with E-state index < -0.39 is 0 Å². The van der Waals surface area contributed by atoms with Gasteiger partial charge in [0.15, 0.2) is 5.13 Å². The van der Waals surface area contributed by atoms with Gasteiger partial charge < -0.3 is 10.4 Å². The molecule has 0 atom stereocenters. The number of aromatic nitrogens is 1. The lowest BCUT2D eigenvalue weighted by molar-refractivity contribution is 0.469. The molecule has 110 valence electrons. The highest BCUT2D eigenvalue weighted by Gasteiger charge is 2.20. The van der Waals surface area contributed by atoms with Crippen molar-refractivity contribution in [1.82, 2.24) is 4.98 Å². The Morgan fingerprint density at radius 2 is 1.86 bits per heavy atom. The van der Waals surface area contributed by atoms with Gasteiger partial charge in [0.25, 0.3) is 0 Å². The van der Waals surface area contributed by atoms with Gasteiger partial charge in [-0.2, -0.15) is 0 Å². The summed E-state index contributed by atoms with van der Waals surface area (Å²) in [5, 5.41) is 14.1. The van der Waals surface area contributed by atoms with Gasteiger partial charge in [-0.1, -0.05) is 42.5 Å². The highest BCUT2D eigenvalue weighted by Crippen LogP contribution is 2.38. The monoisotopic (exact) mass is 308 g/mol. The summed E-state index contributed by atoms with van der Waals surface area (Å²) in [6.45, 7) is 0.584. The molecular formula is C18H16N2OS. The van der Waals surface area contributed by atoms with Crippen LogP contribution in [0.2, 0.25) is 0 Å². The summed E-state index contributed by atoms with van der Waals surface area (Å²) in [6.07, 6.45) is 2.15. The molecule has 0 saturated carbocycles. The van der Waals surface area contributed by atoms with Crippen LogP contribution in [0.4, 0.5) is 5.13 Å². The number of para-hydroxylation sites is 1. The first kappa shape index (κ1) is 13.3. The van der Waals surface area contributed by atoms with E-state index >= 15 is 0 Å². The van der Waals surface area contributed by atoms with E-state index in [1.165, 1.54) is 16.0 Å². The number of aromatic hydroxyl groups is 1. The molecule has 0 radical (unpaired) electrons. The van der Waals surface area contributed by atoms with E-state index in [1.807, 2.05) is 18.2 Å². The Bertz CT molecular complexity index is 825. The van der Waals surface area contributed by atoms with Crippen molar-refractivity contribution in [2.24, 2.45) is 0 Å². The van der Waals surface area contributed by atoms with E-state index in [4.69, 9.17) is 4.98 Å². The standard InChI is InChI=1S/C18H16N2OS/c21-15-8-4-2-6-13(15)11-19-18-20-17-14-7-3-1-5-12(14)9-10-16(17)22-18/h1-8,21H,9-11H2,(H,19,20). The van der Waals surface area contributed by atoms with Crippen LogP contribution < -0.4 is 5.32 Å². The molecule has 22 heavy (non-hydrogen) atoms. The van der Waals surface area contributed by atoms with Crippen LogP contribution in [0.5, 0.6) is 5.75 Å². The topological polar surface area (TPSA) is 45.1 Å². The third kappa shape index (κ3) is 2.35. The van der Waals surface area contributed by atoms with Gasteiger partial charge in [0.2, 0.25) is 0 Å². The molecule has 1 aromatic heterocycles. The third-order valence-corrected chi connectivity index (χ3v) is 5.09. The first-order chi connectivity index (χ1) is 10.8. The van der Waals surface area contributed by atoms with Crippen LogP contribution in [0, 0.1) is 0 Å². The molecule has 0 spiro atoms. The number of phenols is 1. The Hall–Kier alpha value is -2.33. The number of phenolic OH excluding ortho intramolecular Hbond substituents is 1. The van der Waals surface area contributed by atoms with Crippen LogP contribution in [-0.4, -0.2) is 10.1 Å². The molecule has 1 heterocycles. The van der Waals surface area contributed by atoms with E-state index in [-0.39, 0.29) is 0 Å². The summed E-state index contributed by atoms with van der Waals surface area (Å²) in [5.74, 6) is 0.321. The summed E-state index contributed by atoms with van der Waals surface area (Å²) >= 11 is 1.72. The molecule has 2 N–H and O–H groups in total. The van der Waals surface area contributed by atoms with Crippen molar-refractivity contribution >= 4 is 16.5 Å². The minimum absolute atomic E-state index is 0.321. The maximum absolute atomic E-state index is 9.82. The summed E-state index contributed by atoms with van der Waals surface area (Å²) in [5.41, 5.74) is 4.64. The highest BCUT2D eigenvalue weighted by atomic mass is 32.1. The minimum Gasteiger partial charge on any atom is -0.508 e. The van der Waals surface area contributed by atoms with E-state index in [9.17, 15) is 5.11 Å². The molecule has 2 aromatic carbocycles. The molecule has 1 aliphatic carbocycles. The first-order valence-electron chi connectivity index (χ1n) is 7.40. The van der Waals surface area contributed by atoms with Crippen LogP contribution in [-0.2, 0) is 19.4 Å². The van der Waals surface area contributed by atoms with E-state index in [0.717, 1.165) is 29.2 Å². The number of fused-ring (bicyclic) bond motifs is 3. The fourth-order valence-corrected chi connectivity index (χ4v) is 3.83. The van der Waals surface area contributed by atoms with Gasteiger partial charge in [-0.05, 0) is 24.5 Å². The van der Waals surface area contributed by atoms with Crippen LogP contribution in [0.3, 0.4) is 0 Å². The lowest BCUT2D eigenvalue weighted by atomic mass is 9.94. The van der Waals surface area contributed by atoms with Crippen molar-refractivity contribution in [2.75, 3.05) is 5.32 Å². The van der Waals surface area contributed by atoms with E-state index in [2.05, 4.69) is 29.6 Å². The zero-order valence-electron chi connectivity index (χ0n) is 12.0. The molecule has 0 unspecified atom stereocenters. The molecule has 0 bridgehead atoms. The number of nitrogens with zero attached hydrogens (tertiary/aromatic N) is 1. The van der Waals surface area contributed by atoms with Gasteiger partial charge >= 0.3 is 0 Å². The molecule has 0 fully saturated rings. The zero-order chi connectivity index (χ0) is 14.9. The summed E-state index contributed by atoms with van der Waals surface area (Å²) in [7, 11) is 0. The molecule has 1 aliphatic rings.